The van der Waals surface area contributed by atoms with Gasteiger partial charge in [-0.15, -0.1) is 0 Å². The van der Waals surface area contributed by atoms with Gasteiger partial charge in [0.1, 0.15) is 0 Å². The second-order valence-corrected chi connectivity index (χ2v) is 6.57. The first kappa shape index (κ1) is 19.7. The minimum absolute atomic E-state index is 0.0471. The molecule has 0 spiro atoms. The van der Waals surface area contributed by atoms with Crippen molar-refractivity contribution in [1.82, 2.24) is 14.7 Å². The van der Waals surface area contributed by atoms with Crippen molar-refractivity contribution >= 4 is 11.9 Å². The molecule has 1 aromatic heterocycles. The minimum Gasteiger partial charge on any atom is -0.490 e. The van der Waals surface area contributed by atoms with Gasteiger partial charge >= 0.3 is 5.97 Å². The Kier molecular flexibility index (Phi) is 6.18. The number of aromatic carboxylic acids is 1. The van der Waals surface area contributed by atoms with Gasteiger partial charge in [-0.1, -0.05) is 0 Å². The van der Waals surface area contributed by atoms with E-state index < -0.39 is 5.97 Å². The Balaban J connectivity index is 1.66. The molecule has 8 nitrogen and oxygen atoms in total. The highest BCUT2D eigenvalue weighted by atomic mass is 16.5. The lowest BCUT2D eigenvalue weighted by atomic mass is 10.0. The molecule has 0 bridgehead atoms. The molecule has 1 N–H and O–H groups in total. The summed E-state index contributed by atoms with van der Waals surface area (Å²) in [5.74, 6) is 0.170. The molecule has 0 aliphatic carbocycles. The van der Waals surface area contributed by atoms with Crippen LogP contribution in [0.3, 0.4) is 0 Å². The fourth-order valence-electron chi connectivity index (χ4n) is 3.35. The summed E-state index contributed by atoms with van der Waals surface area (Å²) in [7, 11) is 0. The minimum atomic E-state index is -0.987. The number of likely N-dealkylation sites (tertiary alicyclic amines) is 1. The van der Waals surface area contributed by atoms with E-state index in [1.54, 1.807) is 29.1 Å². The normalized spacial score (nSPS) is 14.7. The van der Waals surface area contributed by atoms with Crippen LogP contribution in [0.25, 0.3) is 0 Å². The first-order valence-corrected chi connectivity index (χ1v) is 9.49. The molecule has 2 aromatic rings. The second kappa shape index (κ2) is 8.77. The van der Waals surface area contributed by atoms with Crippen molar-refractivity contribution in [1.29, 1.82) is 0 Å². The summed E-state index contributed by atoms with van der Waals surface area (Å²) in [6.45, 7) is 5.98. The number of rotatable bonds is 7. The van der Waals surface area contributed by atoms with Gasteiger partial charge in [-0.3, -0.25) is 9.48 Å². The fraction of sp³-hybridized carbons (Fsp3) is 0.450. The van der Waals surface area contributed by atoms with Crippen LogP contribution < -0.4 is 9.47 Å². The van der Waals surface area contributed by atoms with E-state index in [4.69, 9.17) is 14.6 Å². The number of ether oxygens (including phenoxy) is 2. The lowest BCUT2D eigenvalue weighted by molar-refractivity contribution is 0.0687. The molecule has 0 radical (unpaired) electrons. The van der Waals surface area contributed by atoms with Gasteiger partial charge < -0.3 is 19.5 Å². The number of hydrogen-bond donors (Lipinski definition) is 1. The molecule has 8 heteroatoms. The zero-order valence-corrected chi connectivity index (χ0v) is 16.1. The molecule has 1 aliphatic rings. The molecule has 0 atom stereocenters. The van der Waals surface area contributed by atoms with Gasteiger partial charge in [0.05, 0.1) is 31.0 Å². The molecule has 2 heterocycles. The van der Waals surface area contributed by atoms with Crippen LogP contribution in [0.2, 0.25) is 0 Å². The molecule has 1 aliphatic heterocycles. The van der Waals surface area contributed by atoms with Gasteiger partial charge in [0.25, 0.3) is 5.91 Å². The zero-order chi connectivity index (χ0) is 20.1. The van der Waals surface area contributed by atoms with Crippen molar-refractivity contribution in [2.24, 2.45) is 0 Å². The molecule has 0 unspecified atom stereocenters. The summed E-state index contributed by atoms with van der Waals surface area (Å²) in [5, 5.41) is 13.2. The Morgan fingerprint density at radius 3 is 2.39 bits per heavy atom. The molecule has 1 fully saturated rings. The number of carboxylic acid groups (broad SMARTS) is 1. The van der Waals surface area contributed by atoms with Crippen molar-refractivity contribution in [2.75, 3.05) is 26.3 Å². The smallest absolute Gasteiger partial charge is 0.338 e. The van der Waals surface area contributed by atoms with E-state index in [2.05, 4.69) is 5.10 Å². The Morgan fingerprint density at radius 1 is 1.11 bits per heavy atom. The highest BCUT2D eigenvalue weighted by molar-refractivity contribution is 5.95. The molecule has 1 aromatic carbocycles. The SMILES string of the molecule is CCOc1ccc(C(=O)N2CCC(n3cc(C(=O)O)cn3)CC2)cc1OCC. The highest BCUT2D eigenvalue weighted by Gasteiger charge is 2.26. The van der Waals surface area contributed by atoms with E-state index in [1.165, 1.54) is 6.20 Å². The third kappa shape index (κ3) is 4.27. The average Bonchev–Trinajstić information content (AvgIpc) is 3.20. The van der Waals surface area contributed by atoms with Crippen LogP contribution >= 0.6 is 0 Å². The van der Waals surface area contributed by atoms with E-state index >= 15 is 0 Å². The number of carbonyl (C=O) groups excluding carboxylic acids is 1. The summed E-state index contributed by atoms with van der Waals surface area (Å²) >= 11 is 0. The molecule has 3 rings (SSSR count). The van der Waals surface area contributed by atoms with Crippen molar-refractivity contribution in [3.8, 4) is 11.5 Å². The fourth-order valence-corrected chi connectivity index (χ4v) is 3.35. The number of benzene rings is 1. The number of carboxylic acids is 1. The van der Waals surface area contributed by atoms with Crippen molar-refractivity contribution in [3.63, 3.8) is 0 Å². The summed E-state index contributed by atoms with van der Waals surface area (Å²) in [4.78, 5) is 25.7. The molecule has 1 amide bonds. The van der Waals surface area contributed by atoms with E-state index in [1.807, 2.05) is 18.7 Å². The van der Waals surface area contributed by atoms with Crippen LogP contribution in [0, 0.1) is 0 Å². The van der Waals surface area contributed by atoms with Crippen molar-refractivity contribution in [3.05, 3.63) is 41.7 Å². The number of amides is 1. The van der Waals surface area contributed by atoms with Crippen LogP contribution in [0.1, 0.15) is 53.4 Å². The number of carbonyl (C=O) groups is 2. The predicted octanol–water partition coefficient (Wildman–Crippen LogP) is 2.86. The third-order valence-corrected chi connectivity index (χ3v) is 4.76. The molecule has 150 valence electrons. The molecule has 28 heavy (non-hydrogen) atoms. The zero-order valence-electron chi connectivity index (χ0n) is 16.1. The maximum Gasteiger partial charge on any atom is 0.338 e. The summed E-state index contributed by atoms with van der Waals surface area (Å²) < 4.78 is 12.8. The maximum absolute atomic E-state index is 12.9. The van der Waals surface area contributed by atoms with Gasteiger partial charge in [-0.25, -0.2) is 4.79 Å². The maximum atomic E-state index is 12.9. The van der Waals surface area contributed by atoms with Crippen LogP contribution in [0.4, 0.5) is 0 Å². The summed E-state index contributed by atoms with van der Waals surface area (Å²) in [6, 6.07) is 5.35. The van der Waals surface area contributed by atoms with E-state index in [0.29, 0.717) is 43.4 Å². The first-order valence-electron chi connectivity index (χ1n) is 9.49. The predicted molar refractivity (Wildman–Crippen MR) is 102 cm³/mol. The number of nitrogens with zero attached hydrogens (tertiary/aromatic N) is 3. The number of piperidine rings is 1. The van der Waals surface area contributed by atoms with Gasteiger partial charge in [0, 0.05) is 24.8 Å². The summed E-state index contributed by atoms with van der Waals surface area (Å²) in [6.07, 6.45) is 4.35. The lowest BCUT2D eigenvalue weighted by Gasteiger charge is -2.32. The third-order valence-electron chi connectivity index (χ3n) is 4.76. The van der Waals surface area contributed by atoms with Crippen LogP contribution in [-0.2, 0) is 0 Å². The number of hydrogen-bond acceptors (Lipinski definition) is 5. The van der Waals surface area contributed by atoms with E-state index in [0.717, 1.165) is 12.8 Å². The van der Waals surface area contributed by atoms with Gasteiger partial charge in [-0.2, -0.15) is 5.10 Å². The lowest BCUT2D eigenvalue weighted by Crippen LogP contribution is -2.39. The first-order chi connectivity index (χ1) is 13.5. The van der Waals surface area contributed by atoms with Crippen LogP contribution in [0.15, 0.2) is 30.6 Å². The van der Waals surface area contributed by atoms with Crippen molar-refractivity contribution in [2.45, 2.75) is 32.7 Å². The van der Waals surface area contributed by atoms with E-state index in [9.17, 15) is 9.59 Å². The Labute approximate surface area is 163 Å². The van der Waals surface area contributed by atoms with Crippen LogP contribution in [-0.4, -0.2) is 58.0 Å². The highest BCUT2D eigenvalue weighted by Crippen LogP contribution is 2.30. The van der Waals surface area contributed by atoms with Crippen molar-refractivity contribution < 1.29 is 24.2 Å². The number of aromatic nitrogens is 2. The molecule has 1 saturated heterocycles. The largest absolute Gasteiger partial charge is 0.490 e. The molecule has 0 saturated carbocycles. The summed E-state index contributed by atoms with van der Waals surface area (Å²) in [5.41, 5.74) is 0.744. The van der Waals surface area contributed by atoms with Gasteiger partial charge in [-0.05, 0) is 44.9 Å². The Morgan fingerprint density at radius 2 is 1.79 bits per heavy atom. The monoisotopic (exact) mass is 387 g/mol. The average molecular weight is 387 g/mol. The Bertz CT molecular complexity index is 840. The van der Waals surface area contributed by atoms with Gasteiger partial charge in [0.15, 0.2) is 11.5 Å². The molecular weight excluding hydrogens is 362 g/mol. The second-order valence-electron chi connectivity index (χ2n) is 6.57. The molecular formula is C20H25N3O5. The quantitative estimate of drug-likeness (QED) is 0.785. The van der Waals surface area contributed by atoms with Gasteiger partial charge in [0.2, 0.25) is 0 Å². The Hall–Kier alpha value is -3.03. The standard InChI is InChI=1S/C20H25N3O5/c1-3-27-17-6-5-14(11-18(17)28-4-2)19(24)22-9-7-16(8-10-22)23-13-15(12-21-23)20(25)26/h5-6,11-13,16H,3-4,7-10H2,1-2H3,(H,25,26). The topological polar surface area (TPSA) is 93.9 Å². The van der Waals surface area contributed by atoms with Crippen LogP contribution in [0.5, 0.6) is 11.5 Å². The van der Waals surface area contributed by atoms with E-state index in [-0.39, 0.29) is 17.5 Å².